The zero-order valence-corrected chi connectivity index (χ0v) is 11.2. The summed E-state index contributed by atoms with van der Waals surface area (Å²) in [6.07, 6.45) is -1.03. The van der Waals surface area contributed by atoms with E-state index in [0.717, 1.165) is 0 Å². The van der Waals surface area contributed by atoms with Gasteiger partial charge >= 0.3 is 12.1 Å². The first-order valence-corrected chi connectivity index (χ1v) is 5.91. The molecule has 1 fully saturated rings. The second-order valence-corrected chi connectivity index (χ2v) is 5.90. The van der Waals surface area contributed by atoms with E-state index in [-0.39, 0.29) is 19.5 Å². The predicted molar refractivity (Wildman–Crippen MR) is 63.1 cm³/mol. The summed E-state index contributed by atoms with van der Waals surface area (Å²) in [6.45, 7) is 6.29. The highest BCUT2D eigenvalue weighted by Gasteiger charge is 2.66. The van der Waals surface area contributed by atoms with Crippen molar-refractivity contribution in [1.82, 2.24) is 0 Å². The van der Waals surface area contributed by atoms with Crippen LogP contribution in [-0.4, -0.2) is 51.2 Å². The Hall–Kier alpha value is -1.43. The zero-order valence-electron chi connectivity index (χ0n) is 11.2. The number of carbonyl (C=O) groups is 3. The van der Waals surface area contributed by atoms with E-state index in [1.165, 1.54) is 0 Å². The van der Waals surface area contributed by atoms with Gasteiger partial charge in [0, 0.05) is 0 Å². The molecule has 0 bridgehead atoms. The summed E-state index contributed by atoms with van der Waals surface area (Å²) in [5, 5.41) is 18.7. The topological polar surface area (TPSA) is 91.7 Å². The lowest BCUT2D eigenvalue weighted by molar-refractivity contribution is -0.891. The number of hydrogen-bond donors (Lipinski definition) is 2. The Bertz CT molecular complexity index is 411. The van der Waals surface area contributed by atoms with Crippen molar-refractivity contribution < 1.29 is 29.1 Å². The molecule has 0 radical (unpaired) electrons. The molecule has 6 nitrogen and oxygen atoms in total. The van der Waals surface area contributed by atoms with Crippen LogP contribution in [0.1, 0.15) is 34.1 Å². The van der Waals surface area contributed by atoms with Gasteiger partial charge in [-0.2, -0.15) is 4.79 Å². The van der Waals surface area contributed by atoms with Gasteiger partial charge in [-0.25, -0.2) is 4.48 Å². The lowest BCUT2D eigenvalue weighted by Crippen LogP contribution is -2.63. The molecule has 6 heteroatoms. The van der Waals surface area contributed by atoms with Crippen molar-refractivity contribution in [2.24, 2.45) is 5.41 Å². The second-order valence-electron chi connectivity index (χ2n) is 5.90. The summed E-state index contributed by atoms with van der Waals surface area (Å²) in [4.78, 5) is 35.0. The van der Waals surface area contributed by atoms with Crippen molar-refractivity contribution in [3.63, 3.8) is 0 Å². The van der Waals surface area contributed by atoms with Crippen LogP contribution in [-0.2, 0) is 9.59 Å². The Morgan fingerprint density at radius 2 is 1.83 bits per heavy atom. The molecular formula is C12H20NO5+. The minimum atomic E-state index is -1.56. The monoisotopic (exact) mass is 258 g/mol. The molecule has 0 aromatic heterocycles. The fraction of sp³-hybridized carbons (Fsp3) is 0.750. The van der Waals surface area contributed by atoms with Crippen LogP contribution in [0.15, 0.2) is 0 Å². The van der Waals surface area contributed by atoms with Gasteiger partial charge in [-0.3, -0.25) is 9.59 Å². The van der Waals surface area contributed by atoms with E-state index >= 15 is 0 Å². The van der Waals surface area contributed by atoms with E-state index < -0.39 is 33.3 Å². The van der Waals surface area contributed by atoms with Crippen LogP contribution >= 0.6 is 0 Å². The lowest BCUT2D eigenvalue weighted by Gasteiger charge is -2.40. The molecule has 1 amide bonds. The van der Waals surface area contributed by atoms with E-state index in [4.69, 9.17) is 0 Å². The molecule has 2 unspecified atom stereocenters. The molecule has 1 rings (SSSR count). The maximum absolute atomic E-state index is 12.1. The number of nitrogens with zero attached hydrogens (tertiary/aromatic N) is 1. The van der Waals surface area contributed by atoms with Gasteiger partial charge in [0.1, 0.15) is 18.6 Å². The van der Waals surface area contributed by atoms with Crippen molar-refractivity contribution in [3.05, 3.63) is 0 Å². The van der Waals surface area contributed by atoms with Crippen molar-refractivity contribution in [2.45, 2.75) is 39.7 Å². The summed E-state index contributed by atoms with van der Waals surface area (Å²) >= 11 is 0. The maximum atomic E-state index is 12.1. The number of rotatable bonds is 2. The van der Waals surface area contributed by atoms with Crippen LogP contribution in [0.2, 0.25) is 0 Å². The molecule has 0 spiro atoms. The first-order chi connectivity index (χ1) is 8.03. The van der Waals surface area contributed by atoms with E-state index in [9.17, 15) is 24.6 Å². The van der Waals surface area contributed by atoms with Crippen molar-refractivity contribution in [3.8, 4) is 0 Å². The van der Waals surface area contributed by atoms with Crippen LogP contribution < -0.4 is 0 Å². The Labute approximate surface area is 106 Å². The highest BCUT2D eigenvalue weighted by atomic mass is 16.4. The quantitative estimate of drug-likeness (QED) is 0.576. The molecular weight excluding hydrogens is 238 g/mol. The van der Waals surface area contributed by atoms with Crippen LogP contribution in [0.4, 0.5) is 4.79 Å². The molecule has 1 heterocycles. The summed E-state index contributed by atoms with van der Waals surface area (Å²) in [7, 11) is 0. The zero-order chi connectivity index (χ0) is 14.4. The number of amides is 1. The molecule has 0 aromatic carbocycles. The van der Waals surface area contributed by atoms with Crippen LogP contribution in [0.5, 0.6) is 0 Å². The van der Waals surface area contributed by atoms with Gasteiger partial charge in [-0.1, -0.05) is 6.92 Å². The summed E-state index contributed by atoms with van der Waals surface area (Å²) < 4.78 is -0.522. The number of carbonyl (C=O) groups excluding carboxylic acids is 1. The van der Waals surface area contributed by atoms with Crippen molar-refractivity contribution in [2.75, 3.05) is 13.1 Å². The number of carboxylic acids is 1. The van der Waals surface area contributed by atoms with Gasteiger partial charge in [-0.05, 0) is 27.2 Å². The van der Waals surface area contributed by atoms with Gasteiger partial charge in [-0.15, -0.1) is 0 Å². The first-order valence-electron chi connectivity index (χ1n) is 5.91. The van der Waals surface area contributed by atoms with Crippen molar-refractivity contribution >= 4 is 17.8 Å². The molecule has 1 aliphatic rings. The Morgan fingerprint density at radius 1 is 1.33 bits per heavy atom. The fourth-order valence-corrected chi connectivity index (χ4v) is 2.54. The first kappa shape index (κ1) is 14.6. The van der Waals surface area contributed by atoms with E-state index in [1.54, 1.807) is 27.7 Å². The molecule has 0 saturated carbocycles. The standard InChI is InChI=1S/C12H19NO5/c1-5-12(9(15)16)7-13(10(17)18,6-8(12)14)11(2,3)4/h5-7H2,1-4H3,(H-,15,16,17,18)/p+1. The Morgan fingerprint density at radius 3 is 2.00 bits per heavy atom. The molecule has 2 N–H and O–H groups in total. The van der Waals surface area contributed by atoms with Gasteiger partial charge in [0.2, 0.25) is 5.78 Å². The molecule has 2 atom stereocenters. The van der Waals surface area contributed by atoms with E-state index in [0.29, 0.717) is 0 Å². The predicted octanol–water partition coefficient (Wildman–Crippen LogP) is 1.34. The summed E-state index contributed by atoms with van der Waals surface area (Å²) in [5.41, 5.74) is -2.29. The third-order valence-electron chi connectivity index (χ3n) is 4.15. The highest BCUT2D eigenvalue weighted by molar-refractivity contribution is 6.05. The van der Waals surface area contributed by atoms with E-state index in [1.807, 2.05) is 0 Å². The third-order valence-corrected chi connectivity index (χ3v) is 4.15. The third kappa shape index (κ3) is 1.71. The van der Waals surface area contributed by atoms with E-state index in [2.05, 4.69) is 0 Å². The number of ketones is 1. The van der Waals surface area contributed by atoms with Crippen LogP contribution in [0.3, 0.4) is 0 Å². The van der Waals surface area contributed by atoms with Gasteiger partial charge in [0.25, 0.3) is 0 Å². The minimum Gasteiger partial charge on any atom is -0.480 e. The van der Waals surface area contributed by atoms with Gasteiger partial charge in [0.15, 0.2) is 5.41 Å². The molecule has 1 aliphatic heterocycles. The molecule has 18 heavy (non-hydrogen) atoms. The summed E-state index contributed by atoms with van der Waals surface area (Å²) in [5.74, 6) is -1.71. The Balaban J connectivity index is 3.37. The maximum Gasteiger partial charge on any atom is 0.514 e. The SMILES string of the molecule is CCC1(C(=O)O)C[N+](C(=O)O)(C(C)(C)C)CC1=O. The molecule has 1 saturated heterocycles. The number of aliphatic carboxylic acids is 1. The number of carboxylic acid groups (broad SMARTS) is 2. The van der Waals surface area contributed by atoms with Gasteiger partial charge in [0.05, 0.1) is 0 Å². The molecule has 102 valence electrons. The molecule has 0 aliphatic carbocycles. The number of quaternary nitrogens is 1. The smallest absolute Gasteiger partial charge is 0.480 e. The average Bonchev–Trinajstić information content (AvgIpc) is 2.53. The fourth-order valence-electron chi connectivity index (χ4n) is 2.54. The molecule has 0 aromatic rings. The second kappa shape index (κ2) is 4.05. The highest BCUT2D eigenvalue weighted by Crippen LogP contribution is 2.41. The Kier molecular flexibility index (Phi) is 3.29. The number of Topliss-reactive ketones (excluding diaryl/α,β-unsaturated/α-hetero) is 1. The number of hydrogen-bond acceptors (Lipinski definition) is 3. The summed E-state index contributed by atoms with van der Waals surface area (Å²) in [6, 6.07) is 0. The minimum absolute atomic E-state index is 0.116. The normalized spacial score (nSPS) is 32.6. The lowest BCUT2D eigenvalue weighted by atomic mass is 9.83. The largest absolute Gasteiger partial charge is 0.514 e. The van der Waals surface area contributed by atoms with Crippen molar-refractivity contribution in [1.29, 1.82) is 0 Å². The van der Waals surface area contributed by atoms with Crippen LogP contribution in [0, 0.1) is 5.41 Å². The average molecular weight is 258 g/mol. The van der Waals surface area contributed by atoms with Gasteiger partial charge < -0.3 is 10.2 Å². The van der Waals surface area contributed by atoms with Crippen LogP contribution in [0.25, 0.3) is 0 Å². The number of likely N-dealkylation sites (tertiary alicyclic amines) is 1.